The first-order chi connectivity index (χ1) is 32.4. The Bertz CT molecular complexity index is 1250. The molecule has 10 heteroatoms. The third-order valence-corrected chi connectivity index (χ3v) is 13.6. The second-order valence-corrected chi connectivity index (χ2v) is 21.9. The summed E-state index contributed by atoms with van der Waals surface area (Å²) in [6.07, 6.45) is 55.5. The number of phosphoric acid groups is 1. The number of nitrogens with one attached hydrogen (secondary N) is 1. The van der Waals surface area contributed by atoms with E-state index in [4.69, 9.17) is 13.8 Å². The van der Waals surface area contributed by atoms with Gasteiger partial charge in [0.1, 0.15) is 19.3 Å². The molecule has 1 N–H and O–H groups in total. The van der Waals surface area contributed by atoms with Gasteiger partial charge in [0.15, 0.2) is 0 Å². The number of nitrogens with zero attached hydrogens (tertiary/aromatic N) is 1. The summed E-state index contributed by atoms with van der Waals surface area (Å²) in [6, 6.07) is -0.904. The van der Waals surface area contributed by atoms with Crippen molar-refractivity contribution in [3.63, 3.8) is 0 Å². The summed E-state index contributed by atoms with van der Waals surface area (Å²) in [4.78, 5) is 39.7. The maximum atomic E-state index is 13.5. The van der Waals surface area contributed by atoms with E-state index in [-0.39, 0.29) is 18.9 Å². The quantitative estimate of drug-likeness (QED) is 0.0212. The van der Waals surface area contributed by atoms with Gasteiger partial charge in [-0.2, -0.15) is 0 Å². The molecule has 0 rings (SSSR count). The lowest BCUT2D eigenvalue weighted by atomic mass is 10.0. The van der Waals surface area contributed by atoms with E-state index in [2.05, 4.69) is 44.3 Å². The molecular formula is C57H109N2O7P. The number of phosphoric ester groups is 1. The molecule has 67 heavy (non-hydrogen) atoms. The molecule has 0 saturated carbocycles. The molecule has 0 aromatic heterocycles. The monoisotopic (exact) mass is 965 g/mol. The fourth-order valence-corrected chi connectivity index (χ4v) is 8.89. The van der Waals surface area contributed by atoms with Crippen LogP contribution in [0.1, 0.15) is 265 Å². The Morgan fingerprint density at radius 3 is 1.37 bits per heavy atom. The van der Waals surface area contributed by atoms with Crippen LogP contribution in [0.4, 0.5) is 0 Å². The van der Waals surface area contributed by atoms with Gasteiger partial charge >= 0.3 is 5.97 Å². The van der Waals surface area contributed by atoms with E-state index >= 15 is 0 Å². The predicted molar refractivity (Wildman–Crippen MR) is 284 cm³/mol. The van der Waals surface area contributed by atoms with Gasteiger partial charge in [0.25, 0.3) is 7.82 Å². The van der Waals surface area contributed by atoms with E-state index in [1.807, 2.05) is 39.4 Å². The smallest absolute Gasteiger partial charge is 0.306 e. The van der Waals surface area contributed by atoms with Crippen molar-refractivity contribution >= 4 is 19.7 Å². The van der Waals surface area contributed by atoms with Crippen LogP contribution in [0.2, 0.25) is 0 Å². The van der Waals surface area contributed by atoms with Crippen LogP contribution in [0.25, 0.3) is 0 Å². The van der Waals surface area contributed by atoms with Gasteiger partial charge in [-0.25, -0.2) is 0 Å². The molecule has 0 aliphatic heterocycles. The zero-order chi connectivity index (χ0) is 49.4. The van der Waals surface area contributed by atoms with Crippen LogP contribution in [-0.4, -0.2) is 69.4 Å². The average molecular weight is 965 g/mol. The summed E-state index contributed by atoms with van der Waals surface area (Å²) in [5, 5.41) is 3.00. The third-order valence-electron chi connectivity index (χ3n) is 12.6. The Morgan fingerprint density at radius 2 is 0.925 bits per heavy atom. The van der Waals surface area contributed by atoms with Crippen LogP contribution in [0.3, 0.4) is 0 Å². The summed E-state index contributed by atoms with van der Waals surface area (Å²) in [5.41, 5.74) is 0. The highest BCUT2D eigenvalue weighted by Gasteiger charge is 2.27. The van der Waals surface area contributed by atoms with Gasteiger partial charge in [0.2, 0.25) is 5.91 Å². The van der Waals surface area contributed by atoms with E-state index in [0.717, 1.165) is 51.4 Å². The van der Waals surface area contributed by atoms with Gasteiger partial charge in [-0.05, 0) is 51.0 Å². The Morgan fingerprint density at radius 1 is 0.522 bits per heavy atom. The number of allylic oxidation sites excluding steroid dienone is 5. The average Bonchev–Trinajstić information content (AvgIpc) is 3.28. The zero-order valence-electron chi connectivity index (χ0n) is 44.9. The molecule has 0 saturated heterocycles. The summed E-state index contributed by atoms with van der Waals surface area (Å²) < 4.78 is 30.1. The Labute approximate surface area is 415 Å². The zero-order valence-corrected chi connectivity index (χ0v) is 45.8. The molecule has 0 aliphatic carbocycles. The minimum atomic E-state index is -4.70. The molecule has 0 aromatic carbocycles. The fraction of sp³-hybridized carbons (Fsp3) is 0.860. The lowest BCUT2D eigenvalue weighted by Crippen LogP contribution is -2.47. The summed E-state index contributed by atoms with van der Waals surface area (Å²) in [5.74, 6) is -0.611. The van der Waals surface area contributed by atoms with Crippen LogP contribution in [0.15, 0.2) is 36.5 Å². The molecule has 3 atom stereocenters. The van der Waals surface area contributed by atoms with E-state index < -0.39 is 32.5 Å². The first-order valence-corrected chi connectivity index (χ1v) is 29.8. The van der Waals surface area contributed by atoms with Gasteiger partial charge in [-0.15, -0.1) is 0 Å². The fourth-order valence-electron chi connectivity index (χ4n) is 8.16. The van der Waals surface area contributed by atoms with E-state index in [0.29, 0.717) is 23.9 Å². The predicted octanol–water partition coefficient (Wildman–Crippen LogP) is 16.1. The Hall–Kier alpha value is -1.77. The summed E-state index contributed by atoms with van der Waals surface area (Å²) in [6.45, 7) is 6.80. The van der Waals surface area contributed by atoms with Gasteiger partial charge in [-0.3, -0.25) is 14.2 Å². The number of rotatable bonds is 51. The first-order valence-electron chi connectivity index (χ1n) is 28.3. The number of amides is 1. The Balaban J connectivity index is 5.35. The van der Waals surface area contributed by atoms with Crippen molar-refractivity contribution in [3.05, 3.63) is 36.5 Å². The summed E-state index contributed by atoms with van der Waals surface area (Å²) >= 11 is 0. The minimum Gasteiger partial charge on any atom is -0.756 e. The van der Waals surface area contributed by atoms with Gasteiger partial charge in [0.05, 0.1) is 33.8 Å². The van der Waals surface area contributed by atoms with Gasteiger partial charge in [-0.1, -0.05) is 237 Å². The molecule has 0 bridgehead atoms. The van der Waals surface area contributed by atoms with Crippen molar-refractivity contribution in [2.24, 2.45) is 0 Å². The first kappa shape index (κ1) is 65.2. The molecule has 0 aliphatic rings. The van der Waals surface area contributed by atoms with Crippen molar-refractivity contribution in [1.29, 1.82) is 0 Å². The van der Waals surface area contributed by atoms with Crippen molar-refractivity contribution < 1.29 is 37.3 Å². The van der Waals surface area contributed by atoms with Crippen molar-refractivity contribution in [3.8, 4) is 0 Å². The third kappa shape index (κ3) is 49.0. The highest BCUT2D eigenvalue weighted by Crippen LogP contribution is 2.38. The van der Waals surface area contributed by atoms with Crippen LogP contribution >= 0.6 is 7.82 Å². The number of quaternary nitrogens is 1. The maximum Gasteiger partial charge on any atom is 0.306 e. The highest BCUT2D eigenvalue weighted by atomic mass is 31.2. The second kappa shape index (κ2) is 47.9. The van der Waals surface area contributed by atoms with Gasteiger partial charge < -0.3 is 28.5 Å². The number of carbonyl (C=O) groups excluding carboxylic acids is 2. The molecule has 1 amide bonds. The molecule has 394 valence electrons. The molecule has 0 heterocycles. The van der Waals surface area contributed by atoms with E-state index in [1.165, 1.54) is 173 Å². The molecule has 9 nitrogen and oxygen atoms in total. The SMILES string of the molecule is CCCCCCCC/C=C\C/C=C/CCC(=O)OC(/C=C/CCCCCCCCCCC)C(COP(=O)([O-])OCC[N+](C)(C)C)NC(=O)CCCCCCCCCCCCCCCCCCC. The lowest BCUT2D eigenvalue weighted by molar-refractivity contribution is -0.870. The van der Waals surface area contributed by atoms with E-state index in [9.17, 15) is 19.0 Å². The topological polar surface area (TPSA) is 114 Å². The number of hydrogen-bond donors (Lipinski definition) is 1. The maximum absolute atomic E-state index is 13.5. The normalized spacial score (nSPS) is 14.1. The molecule has 0 spiro atoms. The number of likely N-dealkylation sites (N-methyl/N-ethyl adjacent to an activating group) is 1. The standard InChI is InChI=1S/C57H109N2O7P/c1-7-10-13-16-19-22-25-27-28-29-30-32-34-37-40-43-46-49-56(60)58-54(53-65-67(62,63)64-52-51-59(4,5)6)55(48-45-42-39-36-33-24-21-18-15-12-9-3)66-57(61)50-47-44-41-38-35-31-26-23-20-17-14-11-8-2/h31,35,41,44-45,48,54-55H,7-30,32-34,36-40,42-43,46-47,49-53H2,1-6H3,(H-,58,60,62,63)/b35-31-,44-41+,48-45+. The molecule has 0 aromatic rings. The van der Waals surface area contributed by atoms with Crippen LogP contribution in [0, 0.1) is 0 Å². The molecule has 3 unspecified atom stereocenters. The number of carbonyl (C=O) groups is 2. The van der Waals surface area contributed by atoms with Crippen LogP contribution < -0.4 is 10.2 Å². The largest absolute Gasteiger partial charge is 0.756 e. The minimum absolute atomic E-state index is 0.0277. The number of hydrogen-bond acceptors (Lipinski definition) is 7. The van der Waals surface area contributed by atoms with Crippen LogP contribution in [-0.2, 0) is 27.9 Å². The van der Waals surface area contributed by atoms with Gasteiger partial charge in [0, 0.05) is 12.8 Å². The van der Waals surface area contributed by atoms with Crippen molar-refractivity contribution in [1.82, 2.24) is 5.32 Å². The summed E-state index contributed by atoms with van der Waals surface area (Å²) in [7, 11) is 1.17. The molecular weight excluding hydrogens is 856 g/mol. The van der Waals surface area contributed by atoms with E-state index in [1.54, 1.807) is 0 Å². The van der Waals surface area contributed by atoms with Crippen LogP contribution in [0.5, 0.6) is 0 Å². The lowest BCUT2D eigenvalue weighted by Gasteiger charge is -2.30. The molecule has 0 radical (unpaired) electrons. The number of esters is 1. The Kier molecular flexibility index (Phi) is 46.6. The second-order valence-electron chi connectivity index (χ2n) is 20.4. The van der Waals surface area contributed by atoms with Crippen molar-refractivity contribution in [2.45, 2.75) is 277 Å². The number of unbranched alkanes of at least 4 members (excludes halogenated alkanes) is 31. The highest BCUT2D eigenvalue weighted by molar-refractivity contribution is 7.45. The molecule has 0 fully saturated rings. The van der Waals surface area contributed by atoms with Crippen molar-refractivity contribution in [2.75, 3.05) is 40.9 Å². The number of ether oxygens (including phenoxy) is 1.